The molecular weight excluding hydrogens is 406 g/mol. The summed E-state index contributed by atoms with van der Waals surface area (Å²) >= 11 is 0. The number of amides is 2. The van der Waals surface area contributed by atoms with Gasteiger partial charge in [-0.15, -0.1) is 0 Å². The first-order chi connectivity index (χ1) is 14.3. The minimum absolute atomic E-state index is 0.103. The van der Waals surface area contributed by atoms with E-state index in [0.29, 0.717) is 43.3 Å². The van der Waals surface area contributed by atoms with E-state index < -0.39 is 21.7 Å². The molecule has 0 aliphatic heterocycles. The van der Waals surface area contributed by atoms with Gasteiger partial charge in [0.25, 0.3) is 5.91 Å². The molecule has 1 aromatic carbocycles. The highest BCUT2D eigenvalue weighted by atomic mass is 32.2. The minimum Gasteiger partial charge on any atom is -0.382 e. The van der Waals surface area contributed by atoms with Crippen LogP contribution in [0, 0.1) is 5.92 Å². The summed E-state index contributed by atoms with van der Waals surface area (Å²) in [6.45, 7) is 5.78. The Morgan fingerprint density at radius 3 is 2.60 bits per heavy atom. The molecule has 3 N–H and O–H groups in total. The predicted molar refractivity (Wildman–Crippen MR) is 117 cm³/mol. The van der Waals surface area contributed by atoms with Crippen molar-refractivity contribution >= 4 is 27.5 Å². The zero-order valence-electron chi connectivity index (χ0n) is 17.8. The lowest BCUT2D eigenvalue weighted by Gasteiger charge is -2.26. The maximum atomic E-state index is 12.3. The first-order valence-corrected chi connectivity index (χ1v) is 12.2. The topological polar surface area (TPSA) is 114 Å². The van der Waals surface area contributed by atoms with Crippen molar-refractivity contribution in [2.24, 2.45) is 5.92 Å². The van der Waals surface area contributed by atoms with Crippen LogP contribution in [0.2, 0.25) is 0 Å². The van der Waals surface area contributed by atoms with Crippen LogP contribution in [-0.4, -0.2) is 51.8 Å². The molecule has 9 heteroatoms. The van der Waals surface area contributed by atoms with Crippen molar-refractivity contribution < 1.29 is 22.7 Å². The fraction of sp³-hybridized carbons (Fsp3) is 0.619. The summed E-state index contributed by atoms with van der Waals surface area (Å²) in [6, 6.07) is 6.31. The van der Waals surface area contributed by atoms with Gasteiger partial charge in [-0.1, -0.05) is 13.0 Å². The lowest BCUT2D eigenvalue weighted by molar-refractivity contribution is -0.113. The number of anilines is 1. The third kappa shape index (κ3) is 8.81. The molecule has 0 unspecified atom stereocenters. The van der Waals surface area contributed by atoms with Crippen LogP contribution in [-0.2, 0) is 19.6 Å². The van der Waals surface area contributed by atoms with Crippen LogP contribution in [0.5, 0.6) is 0 Å². The molecule has 2 rings (SSSR count). The van der Waals surface area contributed by atoms with Crippen molar-refractivity contribution in [3.05, 3.63) is 29.8 Å². The fourth-order valence-corrected chi connectivity index (χ4v) is 4.65. The highest BCUT2D eigenvalue weighted by Gasteiger charge is 2.24. The van der Waals surface area contributed by atoms with Crippen molar-refractivity contribution in [1.82, 2.24) is 10.0 Å². The molecule has 2 amide bonds. The molecule has 168 valence electrons. The Hall–Kier alpha value is -1.97. The molecule has 0 spiro atoms. The maximum Gasteiger partial charge on any atom is 0.251 e. The summed E-state index contributed by atoms with van der Waals surface area (Å²) < 4.78 is 32.5. The lowest BCUT2D eigenvalue weighted by atomic mass is 9.88. The molecule has 1 aliphatic rings. The van der Waals surface area contributed by atoms with Gasteiger partial charge in [-0.3, -0.25) is 9.59 Å². The van der Waals surface area contributed by atoms with Crippen LogP contribution >= 0.6 is 0 Å². The number of sulfonamides is 1. The first kappa shape index (κ1) is 24.3. The smallest absolute Gasteiger partial charge is 0.251 e. The second-order valence-corrected chi connectivity index (χ2v) is 9.52. The molecule has 30 heavy (non-hydrogen) atoms. The van der Waals surface area contributed by atoms with Crippen LogP contribution in [0.4, 0.5) is 5.69 Å². The van der Waals surface area contributed by atoms with Crippen LogP contribution in [0.25, 0.3) is 0 Å². The molecule has 1 saturated carbocycles. The molecule has 0 bridgehead atoms. The van der Waals surface area contributed by atoms with Crippen LogP contribution in [0.15, 0.2) is 24.3 Å². The fourth-order valence-electron chi connectivity index (χ4n) is 3.40. The Bertz CT molecular complexity index is 805. The zero-order valence-corrected chi connectivity index (χ0v) is 18.6. The first-order valence-electron chi connectivity index (χ1n) is 10.5. The van der Waals surface area contributed by atoms with E-state index in [1.54, 1.807) is 18.2 Å². The van der Waals surface area contributed by atoms with Crippen LogP contribution in [0.1, 0.15) is 56.3 Å². The van der Waals surface area contributed by atoms with Crippen molar-refractivity contribution in [3.8, 4) is 0 Å². The number of hydrogen-bond acceptors (Lipinski definition) is 5. The van der Waals surface area contributed by atoms with Gasteiger partial charge in [0.05, 0.1) is 0 Å². The summed E-state index contributed by atoms with van der Waals surface area (Å²) in [4.78, 5) is 24.4. The Morgan fingerprint density at radius 2 is 1.90 bits per heavy atom. The standard InChI is InChI=1S/C21H33N3O5S/c1-3-29-13-5-12-22-21(26)17-6-4-7-19(14-17)23-20(25)15-30(27,28)24-18-10-8-16(2)9-11-18/h4,6-7,14,16,18,24H,3,5,8-13,15H2,1-2H3,(H,22,26)(H,23,25). The number of nitrogens with one attached hydrogen (secondary N) is 3. The van der Waals surface area contributed by atoms with E-state index in [4.69, 9.17) is 4.74 Å². The quantitative estimate of drug-likeness (QED) is 0.458. The van der Waals surface area contributed by atoms with Crippen molar-refractivity contribution in [3.63, 3.8) is 0 Å². The van der Waals surface area contributed by atoms with Gasteiger partial charge in [-0.25, -0.2) is 13.1 Å². The third-order valence-corrected chi connectivity index (χ3v) is 6.38. The average molecular weight is 440 g/mol. The highest BCUT2D eigenvalue weighted by molar-refractivity contribution is 7.90. The number of carbonyl (C=O) groups excluding carboxylic acids is 2. The van der Waals surface area contributed by atoms with Gasteiger partial charge in [0.1, 0.15) is 5.75 Å². The summed E-state index contributed by atoms with van der Waals surface area (Å²) in [5.74, 6) is -0.931. The molecule has 1 fully saturated rings. The number of hydrogen-bond donors (Lipinski definition) is 3. The van der Waals surface area contributed by atoms with E-state index >= 15 is 0 Å². The molecule has 1 aromatic rings. The van der Waals surface area contributed by atoms with Gasteiger partial charge in [0.15, 0.2) is 0 Å². The molecule has 0 atom stereocenters. The van der Waals surface area contributed by atoms with Gasteiger partial charge >= 0.3 is 0 Å². The molecule has 8 nitrogen and oxygen atoms in total. The SMILES string of the molecule is CCOCCCNC(=O)c1cccc(NC(=O)CS(=O)(=O)NC2CCC(C)CC2)c1. The lowest BCUT2D eigenvalue weighted by Crippen LogP contribution is -2.41. The molecule has 1 aliphatic carbocycles. The Balaban J connectivity index is 1.83. The molecule has 0 heterocycles. The number of carbonyl (C=O) groups is 2. The van der Waals surface area contributed by atoms with Crippen molar-refractivity contribution in [1.29, 1.82) is 0 Å². The maximum absolute atomic E-state index is 12.3. The summed E-state index contributed by atoms with van der Waals surface area (Å²) in [5.41, 5.74) is 0.769. The molecule has 0 saturated heterocycles. The predicted octanol–water partition coefficient (Wildman–Crippen LogP) is 2.28. The van der Waals surface area contributed by atoms with Gasteiger partial charge in [-0.05, 0) is 63.1 Å². The van der Waals surface area contributed by atoms with E-state index in [1.807, 2.05) is 6.92 Å². The van der Waals surface area contributed by atoms with E-state index in [2.05, 4.69) is 22.3 Å². The number of rotatable bonds is 11. The second kappa shape index (κ2) is 12.0. The highest BCUT2D eigenvalue weighted by Crippen LogP contribution is 2.23. The normalized spacial score (nSPS) is 19.3. The van der Waals surface area contributed by atoms with Crippen LogP contribution in [0.3, 0.4) is 0 Å². The summed E-state index contributed by atoms with van der Waals surface area (Å²) in [6.07, 6.45) is 4.27. The molecule has 0 radical (unpaired) electrons. The summed E-state index contributed by atoms with van der Waals surface area (Å²) in [7, 11) is -3.72. The van der Waals surface area contributed by atoms with Gasteiger partial charge < -0.3 is 15.4 Å². The average Bonchev–Trinajstić information content (AvgIpc) is 2.69. The Kier molecular flexibility index (Phi) is 9.74. The van der Waals surface area contributed by atoms with Gasteiger partial charge in [-0.2, -0.15) is 0 Å². The largest absolute Gasteiger partial charge is 0.382 e. The Labute approximate surface area is 179 Å². The Morgan fingerprint density at radius 1 is 1.17 bits per heavy atom. The monoisotopic (exact) mass is 439 g/mol. The van der Waals surface area contributed by atoms with Gasteiger partial charge in [0.2, 0.25) is 15.9 Å². The van der Waals surface area contributed by atoms with Crippen molar-refractivity contribution in [2.45, 2.75) is 52.0 Å². The van der Waals surface area contributed by atoms with E-state index in [1.165, 1.54) is 6.07 Å². The third-order valence-electron chi connectivity index (χ3n) is 5.05. The van der Waals surface area contributed by atoms with Crippen LogP contribution < -0.4 is 15.4 Å². The van der Waals surface area contributed by atoms with E-state index in [9.17, 15) is 18.0 Å². The molecular formula is C21H33N3O5S. The zero-order chi connectivity index (χ0) is 22.0. The number of ether oxygens (including phenoxy) is 1. The number of benzene rings is 1. The van der Waals surface area contributed by atoms with Gasteiger partial charge in [0, 0.05) is 37.1 Å². The summed E-state index contributed by atoms with van der Waals surface area (Å²) in [5, 5.41) is 5.35. The van der Waals surface area contributed by atoms with E-state index in [0.717, 1.165) is 25.7 Å². The molecule has 0 aromatic heterocycles. The van der Waals surface area contributed by atoms with Crippen molar-refractivity contribution in [2.75, 3.05) is 30.8 Å². The second-order valence-electron chi connectivity index (χ2n) is 7.77. The van der Waals surface area contributed by atoms with E-state index in [-0.39, 0.29) is 11.9 Å². The minimum atomic E-state index is -3.72.